The quantitative estimate of drug-likeness (QED) is 0.562. The molecule has 2 aromatic carbocycles. The van der Waals surface area contributed by atoms with Crippen molar-refractivity contribution in [3.63, 3.8) is 0 Å². The van der Waals surface area contributed by atoms with Gasteiger partial charge in [-0.25, -0.2) is 8.78 Å². The minimum atomic E-state index is -1.16. The third kappa shape index (κ3) is 5.42. The van der Waals surface area contributed by atoms with Gasteiger partial charge in [0, 0.05) is 35.7 Å². The van der Waals surface area contributed by atoms with E-state index in [0.717, 1.165) is 28.3 Å². The number of likely N-dealkylation sites (N-methyl/N-ethyl adjacent to an activating group) is 1. The second kappa shape index (κ2) is 9.98. The van der Waals surface area contributed by atoms with E-state index in [1.54, 1.807) is 36.3 Å². The van der Waals surface area contributed by atoms with Crippen LogP contribution in [0.1, 0.15) is 27.5 Å². The molecule has 8 heteroatoms. The van der Waals surface area contributed by atoms with Crippen molar-refractivity contribution in [3.05, 3.63) is 95.3 Å². The maximum absolute atomic E-state index is 13.6. The number of pyridine rings is 1. The fourth-order valence-electron chi connectivity index (χ4n) is 2.70. The predicted octanol–water partition coefficient (Wildman–Crippen LogP) is 3.87. The van der Waals surface area contributed by atoms with Crippen LogP contribution in [-0.2, 0) is 10.5 Å². The van der Waals surface area contributed by atoms with Crippen LogP contribution in [0.4, 0.5) is 8.78 Å². The summed E-state index contributed by atoms with van der Waals surface area (Å²) in [6.45, 7) is 0. The third-order valence-corrected chi connectivity index (χ3v) is 5.39. The highest BCUT2D eigenvalue weighted by Gasteiger charge is 2.23. The highest BCUT2D eigenvalue weighted by atomic mass is 32.2. The Morgan fingerprint density at radius 2 is 1.83 bits per heavy atom. The lowest BCUT2D eigenvalue weighted by Gasteiger charge is -2.18. The maximum atomic E-state index is 13.6. The van der Waals surface area contributed by atoms with Crippen molar-refractivity contribution in [2.45, 2.75) is 16.7 Å². The molecule has 0 aliphatic rings. The Kier molecular flexibility index (Phi) is 7.13. The second-order valence-corrected chi connectivity index (χ2v) is 7.42. The van der Waals surface area contributed by atoms with Crippen LogP contribution in [0, 0.1) is 11.6 Å². The summed E-state index contributed by atoms with van der Waals surface area (Å²) in [7, 11) is 1.40. The molecular weight excluding hydrogens is 408 g/mol. The summed E-state index contributed by atoms with van der Waals surface area (Å²) in [5.74, 6) is -2.42. The molecule has 1 unspecified atom stereocenters. The number of hydrogen-bond donors (Lipinski definition) is 2. The third-order valence-electron chi connectivity index (χ3n) is 4.31. The van der Waals surface area contributed by atoms with Gasteiger partial charge in [-0.15, -0.1) is 11.8 Å². The lowest BCUT2D eigenvalue weighted by molar-refractivity contribution is -0.122. The molecule has 0 aliphatic carbocycles. The van der Waals surface area contributed by atoms with Gasteiger partial charge in [0.15, 0.2) is 11.6 Å². The van der Waals surface area contributed by atoms with E-state index in [9.17, 15) is 18.4 Å². The standard InChI is InChI=1S/C22H19F2N3O2S/c1-25-22(29)20(16-6-9-18(23)19(24)11-16)27-21(28)15-4-7-17(8-5-15)30-13-14-3-2-10-26-12-14/h2-12,20H,13H2,1H3,(H,25,29)(H,27,28). The number of halogens is 2. The van der Waals surface area contributed by atoms with Crippen molar-refractivity contribution in [3.8, 4) is 0 Å². The van der Waals surface area contributed by atoms with E-state index in [4.69, 9.17) is 0 Å². The lowest BCUT2D eigenvalue weighted by atomic mass is 10.0. The summed E-state index contributed by atoms with van der Waals surface area (Å²) in [6, 6.07) is 12.7. The normalized spacial score (nSPS) is 11.6. The SMILES string of the molecule is CNC(=O)C(NC(=O)c1ccc(SCc2cccnc2)cc1)c1ccc(F)c(F)c1. The van der Waals surface area contributed by atoms with Crippen LogP contribution >= 0.6 is 11.8 Å². The number of amides is 2. The first-order chi connectivity index (χ1) is 14.5. The van der Waals surface area contributed by atoms with Crippen LogP contribution in [-0.4, -0.2) is 23.8 Å². The summed E-state index contributed by atoms with van der Waals surface area (Å²) in [6.07, 6.45) is 3.51. The molecule has 0 spiro atoms. The molecular formula is C22H19F2N3O2S. The van der Waals surface area contributed by atoms with E-state index in [1.165, 1.54) is 13.1 Å². The lowest BCUT2D eigenvalue weighted by Crippen LogP contribution is -2.39. The Morgan fingerprint density at radius 3 is 2.47 bits per heavy atom. The zero-order chi connectivity index (χ0) is 21.5. The molecule has 0 radical (unpaired) electrons. The first-order valence-electron chi connectivity index (χ1n) is 9.07. The minimum absolute atomic E-state index is 0.144. The van der Waals surface area contributed by atoms with Gasteiger partial charge in [0.25, 0.3) is 5.91 Å². The summed E-state index contributed by atoms with van der Waals surface area (Å²) in [5.41, 5.74) is 1.58. The van der Waals surface area contributed by atoms with Crippen molar-refractivity contribution in [1.82, 2.24) is 15.6 Å². The number of benzene rings is 2. The van der Waals surface area contributed by atoms with Crippen LogP contribution in [0.2, 0.25) is 0 Å². The average molecular weight is 427 g/mol. The van der Waals surface area contributed by atoms with Crippen LogP contribution in [0.5, 0.6) is 0 Å². The molecule has 1 heterocycles. The van der Waals surface area contributed by atoms with Crippen molar-refractivity contribution < 1.29 is 18.4 Å². The van der Waals surface area contributed by atoms with E-state index >= 15 is 0 Å². The average Bonchev–Trinajstić information content (AvgIpc) is 2.78. The van der Waals surface area contributed by atoms with Crippen LogP contribution in [0.25, 0.3) is 0 Å². The van der Waals surface area contributed by atoms with Crippen molar-refractivity contribution >= 4 is 23.6 Å². The maximum Gasteiger partial charge on any atom is 0.252 e. The van der Waals surface area contributed by atoms with E-state index in [2.05, 4.69) is 15.6 Å². The largest absolute Gasteiger partial charge is 0.357 e. The Labute approximate surface area is 176 Å². The molecule has 0 fully saturated rings. The number of nitrogens with zero attached hydrogens (tertiary/aromatic N) is 1. The Balaban J connectivity index is 1.69. The number of aromatic nitrogens is 1. The summed E-state index contributed by atoms with van der Waals surface area (Å²) in [4.78, 5) is 29.9. The Hall–Kier alpha value is -3.26. The molecule has 3 rings (SSSR count). The van der Waals surface area contributed by atoms with Crippen LogP contribution in [0.15, 0.2) is 71.9 Å². The molecule has 0 aliphatic heterocycles. The van der Waals surface area contributed by atoms with Gasteiger partial charge in [-0.05, 0) is 53.6 Å². The van der Waals surface area contributed by atoms with Gasteiger partial charge in [-0.1, -0.05) is 12.1 Å². The number of rotatable bonds is 7. The van der Waals surface area contributed by atoms with Gasteiger partial charge in [-0.2, -0.15) is 0 Å². The van der Waals surface area contributed by atoms with E-state index < -0.39 is 29.5 Å². The first-order valence-corrected chi connectivity index (χ1v) is 10.1. The predicted molar refractivity (Wildman–Crippen MR) is 111 cm³/mol. The molecule has 5 nitrogen and oxygen atoms in total. The first kappa shape index (κ1) is 21.4. The molecule has 2 amide bonds. The van der Waals surface area contributed by atoms with Gasteiger partial charge in [0.2, 0.25) is 5.91 Å². The van der Waals surface area contributed by atoms with Crippen LogP contribution < -0.4 is 10.6 Å². The van der Waals surface area contributed by atoms with E-state index in [1.807, 2.05) is 24.3 Å². The summed E-state index contributed by atoms with van der Waals surface area (Å²) < 4.78 is 26.8. The van der Waals surface area contributed by atoms with Crippen LogP contribution in [0.3, 0.4) is 0 Å². The fourth-order valence-corrected chi connectivity index (χ4v) is 3.54. The van der Waals surface area contributed by atoms with Gasteiger partial charge >= 0.3 is 0 Å². The topological polar surface area (TPSA) is 71.1 Å². The number of carbonyl (C=O) groups is 2. The second-order valence-electron chi connectivity index (χ2n) is 6.37. The monoisotopic (exact) mass is 427 g/mol. The highest BCUT2D eigenvalue weighted by molar-refractivity contribution is 7.98. The number of carbonyl (C=O) groups excluding carboxylic acids is 2. The minimum Gasteiger partial charge on any atom is -0.357 e. The fraction of sp³-hybridized carbons (Fsp3) is 0.136. The Bertz CT molecular complexity index is 1030. The summed E-state index contributed by atoms with van der Waals surface area (Å²) >= 11 is 1.60. The highest BCUT2D eigenvalue weighted by Crippen LogP contribution is 2.23. The molecule has 1 atom stereocenters. The molecule has 3 aromatic rings. The molecule has 2 N–H and O–H groups in total. The number of hydrogen-bond acceptors (Lipinski definition) is 4. The van der Waals surface area contributed by atoms with Crippen molar-refractivity contribution in [2.24, 2.45) is 0 Å². The van der Waals surface area contributed by atoms with Crippen molar-refractivity contribution in [2.75, 3.05) is 7.05 Å². The zero-order valence-corrected chi connectivity index (χ0v) is 16.9. The zero-order valence-electron chi connectivity index (χ0n) is 16.1. The number of thioether (sulfide) groups is 1. The number of nitrogens with one attached hydrogen (secondary N) is 2. The molecule has 0 saturated carbocycles. The van der Waals surface area contributed by atoms with Gasteiger partial charge in [0.05, 0.1) is 0 Å². The molecule has 0 bridgehead atoms. The molecule has 0 saturated heterocycles. The van der Waals surface area contributed by atoms with Crippen molar-refractivity contribution in [1.29, 1.82) is 0 Å². The smallest absolute Gasteiger partial charge is 0.252 e. The van der Waals surface area contributed by atoms with Gasteiger partial charge < -0.3 is 10.6 Å². The summed E-state index contributed by atoms with van der Waals surface area (Å²) in [5, 5.41) is 4.99. The molecule has 30 heavy (non-hydrogen) atoms. The molecule has 154 valence electrons. The van der Waals surface area contributed by atoms with E-state index in [0.29, 0.717) is 5.56 Å². The van der Waals surface area contributed by atoms with Gasteiger partial charge in [0.1, 0.15) is 6.04 Å². The molecule has 1 aromatic heterocycles. The van der Waals surface area contributed by atoms with E-state index in [-0.39, 0.29) is 5.56 Å². The Morgan fingerprint density at radius 1 is 1.07 bits per heavy atom. The van der Waals surface area contributed by atoms with Gasteiger partial charge in [-0.3, -0.25) is 14.6 Å².